The summed E-state index contributed by atoms with van der Waals surface area (Å²) in [6.45, 7) is 0. The molecule has 0 aromatic carbocycles. The molecule has 3 rings (SSSR count). The van der Waals surface area contributed by atoms with Crippen LogP contribution in [0.3, 0.4) is 0 Å². The van der Waals surface area contributed by atoms with Gasteiger partial charge in [-0.25, -0.2) is 0 Å². The molecule has 3 aromatic rings. The lowest BCUT2D eigenvalue weighted by atomic mass is 10.1. The second kappa shape index (κ2) is 8.92. The van der Waals surface area contributed by atoms with Gasteiger partial charge in [0.25, 0.3) is 0 Å². The highest BCUT2D eigenvalue weighted by Gasteiger charge is 2.01. The second-order valence-corrected chi connectivity index (χ2v) is 5.97. The van der Waals surface area contributed by atoms with E-state index in [9.17, 15) is 0 Å². The summed E-state index contributed by atoms with van der Waals surface area (Å²) < 4.78 is 0. The molecule has 0 saturated heterocycles. The molecule has 3 heteroatoms. The molecule has 0 unspecified atom stereocenters. The average Bonchev–Trinajstić information content (AvgIpc) is 2.64. The molecule has 0 aliphatic rings. The summed E-state index contributed by atoms with van der Waals surface area (Å²) in [6.07, 6.45) is 9.91. The minimum absolute atomic E-state index is 1.00. The summed E-state index contributed by atoms with van der Waals surface area (Å²) in [4.78, 5) is 13.5. The molecular formula is C21H23N3. The van der Waals surface area contributed by atoms with Gasteiger partial charge in [-0.2, -0.15) is 0 Å². The Morgan fingerprint density at radius 1 is 0.500 bits per heavy atom. The molecule has 0 aliphatic heterocycles. The highest BCUT2D eigenvalue weighted by molar-refractivity contribution is 5.13. The van der Waals surface area contributed by atoms with E-state index in [1.165, 1.54) is 11.4 Å². The number of rotatable bonds is 8. The van der Waals surface area contributed by atoms with Crippen molar-refractivity contribution in [3.63, 3.8) is 0 Å². The standard InChI is InChI=1S/C21H23N3/c1-3-16-22-18(8-1)10-5-12-20-14-7-15-21(24-20)13-6-11-19-9-2-4-17-23-19/h1-4,7-9,14-17H,5-6,10-13H2. The van der Waals surface area contributed by atoms with E-state index in [0.717, 1.165) is 49.9 Å². The van der Waals surface area contributed by atoms with Gasteiger partial charge in [0.15, 0.2) is 0 Å². The van der Waals surface area contributed by atoms with Crippen LogP contribution in [0.25, 0.3) is 0 Å². The van der Waals surface area contributed by atoms with Crippen LogP contribution in [0.2, 0.25) is 0 Å². The van der Waals surface area contributed by atoms with Crippen LogP contribution in [0.5, 0.6) is 0 Å². The maximum absolute atomic E-state index is 4.79. The van der Waals surface area contributed by atoms with Gasteiger partial charge in [0.2, 0.25) is 0 Å². The first-order valence-electron chi connectivity index (χ1n) is 8.65. The third kappa shape index (κ3) is 5.27. The third-order valence-corrected chi connectivity index (χ3v) is 4.05. The number of hydrogen-bond donors (Lipinski definition) is 0. The van der Waals surface area contributed by atoms with Crippen molar-refractivity contribution in [2.45, 2.75) is 38.5 Å². The smallest absolute Gasteiger partial charge is 0.0407 e. The molecule has 0 atom stereocenters. The second-order valence-electron chi connectivity index (χ2n) is 5.97. The van der Waals surface area contributed by atoms with Gasteiger partial charge in [-0.15, -0.1) is 0 Å². The van der Waals surface area contributed by atoms with Gasteiger partial charge in [0.1, 0.15) is 0 Å². The lowest BCUT2D eigenvalue weighted by molar-refractivity contribution is 0.751. The Morgan fingerprint density at radius 3 is 1.42 bits per heavy atom. The fourth-order valence-corrected chi connectivity index (χ4v) is 2.80. The molecule has 3 heterocycles. The number of aryl methyl sites for hydroxylation is 4. The minimum Gasteiger partial charge on any atom is -0.261 e. The van der Waals surface area contributed by atoms with E-state index in [-0.39, 0.29) is 0 Å². The molecule has 0 fully saturated rings. The van der Waals surface area contributed by atoms with Crippen LogP contribution in [0.1, 0.15) is 35.6 Å². The molecule has 0 N–H and O–H groups in total. The summed E-state index contributed by atoms with van der Waals surface area (Å²) >= 11 is 0. The summed E-state index contributed by atoms with van der Waals surface area (Å²) in [7, 11) is 0. The van der Waals surface area contributed by atoms with Crippen molar-refractivity contribution in [3.8, 4) is 0 Å². The monoisotopic (exact) mass is 317 g/mol. The normalized spacial score (nSPS) is 10.7. The molecule has 0 saturated carbocycles. The minimum atomic E-state index is 1.00. The predicted octanol–water partition coefficient (Wildman–Crippen LogP) is 4.22. The van der Waals surface area contributed by atoms with Crippen molar-refractivity contribution in [1.29, 1.82) is 0 Å². The lowest BCUT2D eigenvalue weighted by Gasteiger charge is -2.05. The third-order valence-electron chi connectivity index (χ3n) is 4.05. The largest absolute Gasteiger partial charge is 0.261 e. The molecule has 122 valence electrons. The molecule has 3 aromatic heterocycles. The first-order valence-corrected chi connectivity index (χ1v) is 8.65. The topological polar surface area (TPSA) is 38.7 Å². The van der Waals surface area contributed by atoms with Crippen LogP contribution in [-0.2, 0) is 25.7 Å². The quantitative estimate of drug-likeness (QED) is 0.624. The molecule has 0 radical (unpaired) electrons. The van der Waals surface area contributed by atoms with Gasteiger partial charge in [-0.3, -0.25) is 15.0 Å². The fraction of sp³-hybridized carbons (Fsp3) is 0.286. The Bertz CT molecular complexity index is 666. The zero-order valence-electron chi connectivity index (χ0n) is 13.9. The number of aromatic nitrogens is 3. The summed E-state index contributed by atoms with van der Waals surface area (Å²) in [5, 5.41) is 0. The van der Waals surface area contributed by atoms with Crippen LogP contribution in [-0.4, -0.2) is 15.0 Å². The van der Waals surface area contributed by atoms with Crippen LogP contribution in [0.4, 0.5) is 0 Å². The molecule has 0 amide bonds. The first-order chi connectivity index (χ1) is 11.9. The van der Waals surface area contributed by atoms with E-state index in [0.29, 0.717) is 0 Å². The molecule has 3 nitrogen and oxygen atoms in total. The summed E-state index contributed by atoms with van der Waals surface area (Å²) in [5.74, 6) is 0. The van der Waals surface area contributed by atoms with Crippen LogP contribution in [0.15, 0.2) is 67.0 Å². The molecule has 24 heavy (non-hydrogen) atoms. The van der Waals surface area contributed by atoms with Gasteiger partial charge in [-0.05, 0) is 74.9 Å². The van der Waals surface area contributed by atoms with Crippen molar-refractivity contribution in [1.82, 2.24) is 15.0 Å². The number of pyridine rings is 3. The van der Waals surface area contributed by atoms with Gasteiger partial charge in [0.05, 0.1) is 0 Å². The van der Waals surface area contributed by atoms with Gasteiger partial charge >= 0.3 is 0 Å². The zero-order chi connectivity index (χ0) is 16.5. The first kappa shape index (κ1) is 16.3. The highest BCUT2D eigenvalue weighted by Crippen LogP contribution is 2.09. The van der Waals surface area contributed by atoms with Crippen LogP contribution < -0.4 is 0 Å². The maximum atomic E-state index is 4.79. The van der Waals surface area contributed by atoms with Crippen molar-refractivity contribution >= 4 is 0 Å². The Labute approximate surface area is 143 Å². The van der Waals surface area contributed by atoms with Crippen LogP contribution in [0, 0.1) is 0 Å². The Morgan fingerprint density at radius 2 is 0.958 bits per heavy atom. The number of hydrogen-bond acceptors (Lipinski definition) is 3. The zero-order valence-corrected chi connectivity index (χ0v) is 13.9. The van der Waals surface area contributed by atoms with Gasteiger partial charge in [0, 0.05) is 35.2 Å². The van der Waals surface area contributed by atoms with Crippen molar-refractivity contribution < 1.29 is 0 Å². The molecule has 0 bridgehead atoms. The van der Waals surface area contributed by atoms with Gasteiger partial charge in [-0.1, -0.05) is 18.2 Å². The Hall–Kier alpha value is -2.55. The van der Waals surface area contributed by atoms with E-state index in [4.69, 9.17) is 4.98 Å². The molecule has 0 spiro atoms. The van der Waals surface area contributed by atoms with E-state index < -0.39 is 0 Å². The number of nitrogens with zero attached hydrogens (tertiary/aromatic N) is 3. The lowest BCUT2D eigenvalue weighted by Crippen LogP contribution is -1.99. The fourth-order valence-electron chi connectivity index (χ4n) is 2.80. The van der Waals surface area contributed by atoms with E-state index in [2.05, 4.69) is 40.3 Å². The van der Waals surface area contributed by atoms with Crippen LogP contribution >= 0.6 is 0 Å². The molecule has 0 aliphatic carbocycles. The molecular weight excluding hydrogens is 294 g/mol. The Kier molecular flexibility index (Phi) is 6.06. The highest BCUT2D eigenvalue weighted by atomic mass is 14.7. The van der Waals surface area contributed by atoms with Crippen molar-refractivity contribution in [3.05, 3.63) is 89.8 Å². The Balaban J connectivity index is 1.45. The van der Waals surface area contributed by atoms with Gasteiger partial charge < -0.3 is 0 Å². The maximum Gasteiger partial charge on any atom is 0.0407 e. The summed E-state index contributed by atoms with van der Waals surface area (Å²) in [6, 6.07) is 18.5. The predicted molar refractivity (Wildman–Crippen MR) is 96.8 cm³/mol. The van der Waals surface area contributed by atoms with Crippen molar-refractivity contribution in [2.24, 2.45) is 0 Å². The summed E-state index contributed by atoms with van der Waals surface area (Å²) in [5.41, 5.74) is 4.68. The van der Waals surface area contributed by atoms with Crippen molar-refractivity contribution in [2.75, 3.05) is 0 Å². The van der Waals surface area contributed by atoms with E-state index >= 15 is 0 Å². The van der Waals surface area contributed by atoms with E-state index in [1.54, 1.807) is 0 Å². The SMILES string of the molecule is c1ccc(CCCc2cccc(CCCc3ccccn3)n2)nc1. The van der Waals surface area contributed by atoms with E-state index in [1.807, 2.05) is 36.7 Å². The average molecular weight is 317 g/mol.